The maximum atomic E-state index is 12.8. The number of ether oxygens (including phenoxy) is 1. The van der Waals surface area contributed by atoms with Crippen molar-refractivity contribution < 1.29 is 14.3 Å². The number of amides is 1. The van der Waals surface area contributed by atoms with Crippen LogP contribution in [0.2, 0.25) is 0 Å². The largest absolute Gasteiger partial charge is 0.467 e. The van der Waals surface area contributed by atoms with Crippen LogP contribution in [0.4, 0.5) is 0 Å². The van der Waals surface area contributed by atoms with Crippen LogP contribution < -0.4 is 10.6 Å². The Balaban J connectivity index is 0.00000288. The molecule has 0 bridgehead atoms. The normalized spacial score (nSPS) is 20.3. The van der Waals surface area contributed by atoms with Gasteiger partial charge in [-0.1, -0.05) is 13.8 Å². The summed E-state index contributed by atoms with van der Waals surface area (Å²) in [5.41, 5.74) is 0.0859. The van der Waals surface area contributed by atoms with E-state index in [1.807, 2.05) is 27.1 Å². The highest BCUT2D eigenvalue weighted by atomic mass is 35.5. The topological polar surface area (TPSA) is 85.3 Å². The molecule has 2 heterocycles. The van der Waals surface area contributed by atoms with Gasteiger partial charge in [-0.15, -0.1) is 12.4 Å². The van der Waals surface area contributed by atoms with E-state index in [1.54, 1.807) is 10.9 Å². The Morgan fingerprint density at radius 1 is 1.42 bits per heavy atom. The highest BCUT2D eigenvalue weighted by Crippen LogP contribution is 2.29. The summed E-state index contributed by atoms with van der Waals surface area (Å²) in [7, 11) is 3.21. The van der Waals surface area contributed by atoms with E-state index in [0.717, 1.165) is 12.1 Å². The zero-order valence-electron chi connectivity index (χ0n) is 14.7. The van der Waals surface area contributed by atoms with Crippen LogP contribution in [0, 0.1) is 5.92 Å². The third-order valence-electron chi connectivity index (χ3n) is 4.85. The minimum atomic E-state index is -0.950. The van der Waals surface area contributed by atoms with Gasteiger partial charge in [0.15, 0.2) is 0 Å². The summed E-state index contributed by atoms with van der Waals surface area (Å²) in [6.07, 6.45) is 4.73. The molecule has 2 atom stereocenters. The van der Waals surface area contributed by atoms with E-state index in [4.69, 9.17) is 4.74 Å². The molecule has 136 valence electrons. The van der Waals surface area contributed by atoms with Crippen molar-refractivity contribution in [2.24, 2.45) is 13.0 Å². The first-order valence-electron chi connectivity index (χ1n) is 8.07. The van der Waals surface area contributed by atoms with Gasteiger partial charge in [-0.25, -0.2) is 4.79 Å². The number of hydrogen-bond donors (Lipinski definition) is 2. The van der Waals surface area contributed by atoms with Crippen LogP contribution in [0.3, 0.4) is 0 Å². The van der Waals surface area contributed by atoms with Gasteiger partial charge in [-0.2, -0.15) is 5.10 Å². The Morgan fingerprint density at radius 3 is 2.58 bits per heavy atom. The second-order valence-electron chi connectivity index (χ2n) is 6.09. The van der Waals surface area contributed by atoms with Gasteiger partial charge in [0, 0.05) is 32.3 Å². The number of nitrogens with zero attached hydrogens (tertiary/aromatic N) is 2. The number of halogens is 1. The molecule has 2 rings (SSSR count). The summed E-state index contributed by atoms with van der Waals surface area (Å²) in [6.45, 7) is 5.09. The molecule has 1 saturated heterocycles. The highest BCUT2D eigenvalue weighted by Gasteiger charge is 2.42. The van der Waals surface area contributed by atoms with E-state index in [-0.39, 0.29) is 36.1 Å². The smallest absolute Gasteiger partial charge is 0.331 e. The molecule has 0 aliphatic carbocycles. The predicted octanol–water partition coefficient (Wildman–Crippen LogP) is 0.993. The fourth-order valence-electron chi connectivity index (χ4n) is 3.23. The summed E-state index contributed by atoms with van der Waals surface area (Å²) in [4.78, 5) is 24.9. The highest BCUT2D eigenvalue weighted by molar-refractivity contribution is 5.89. The molecule has 0 aromatic carbocycles. The molecule has 1 aliphatic rings. The van der Waals surface area contributed by atoms with Gasteiger partial charge < -0.3 is 15.4 Å². The quantitative estimate of drug-likeness (QED) is 0.741. The summed E-state index contributed by atoms with van der Waals surface area (Å²) >= 11 is 0. The number of aryl methyl sites for hydroxylation is 1. The van der Waals surface area contributed by atoms with Gasteiger partial charge in [0.05, 0.1) is 19.2 Å². The average Bonchev–Trinajstić information content (AvgIpc) is 3.20. The number of esters is 1. The van der Waals surface area contributed by atoms with E-state index in [1.165, 1.54) is 7.11 Å². The van der Waals surface area contributed by atoms with Crippen LogP contribution in [-0.4, -0.2) is 47.4 Å². The van der Waals surface area contributed by atoms with Crippen LogP contribution in [0.1, 0.15) is 38.2 Å². The van der Waals surface area contributed by atoms with Gasteiger partial charge in [0.25, 0.3) is 0 Å². The molecule has 1 fully saturated rings. The Morgan fingerprint density at radius 2 is 2.08 bits per heavy atom. The second kappa shape index (κ2) is 8.48. The first-order chi connectivity index (χ1) is 11.0. The number of carbonyl (C=O) groups is 2. The van der Waals surface area contributed by atoms with E-state index in [9.17, 15) is 9.59 Å². The maximum Gasteiger partial charge on any atom is 0.331 e. The van der Waals surface area contributed by atoms with Crippen LogP contribution in [0.15, 0.2) is 12.4 Å². The molecular formula is C16H27ClN4O3. The molecular weight excluding hydrogens is 332 g/mol. The van der Waals surface area contributed by atoms with Crippen molar-refractivity contribution >= 4 is 24.3 Å². The zero-order chi connectivity index (χ0) is 17.0. The van der Waals surface area contributed by atoms with Gasteiger partial charge in [-0.3, -0.25) is 9.48 Å². The molecule has 8 heteroatoms. The number of hydrogen-bond acceptors (Lipinski definition) is 5. The molecule has 1 amide bonds. The fourth-order valence-corrected chi connectivity index (χ4v) is 3.23. The molecule has 0 unspecified atom stereocenters. The summed E-state index contributed by atoms with van der Waals surface area (Å²) < 4.78 is 6.63. The lowest BCUT2D eigenvalue weighted by Gasteiger charge is -2.31. The number of rotatable bonds is 6. The summed E-state index contributed by atoms with van der Waals surface area (Å²) in [5.74, 6) is -0.660. The molecule has 1 aliphatic heterocycles. The first kappa shape index (κ1) is 20.4. The molecule has 0 spiro atoms. The minimum Gasteiger partial charge on any atom is -0.467 e. The Bertz CT molecular complexity index is 571. The lowest BCUT2D eigenvalue weighted by atomic mass is 9.87. The third-order valence-corrected chi connectivity index (χ3v) is 4.85. The van der Waals surface area contributed by atoms with Gasteiger partial charge in [-0.05, 0) is 18.4 Å². The predicted molar refractivity (Wildman–Crippen MR) is 93.0 cm³/mol. The lowest BCUT2D eigenvalue weighted by molar-refractivity contribution is -0.152. The number of aromatic nitrogens is 2. The first-order valence-corrected chi connectivity index (χ1v) is 8.07. The lowest BCUT2D eigenvalue weighted by Crippen LogP contribution is -2.56. The molecule has 1 aromatic heterocycles. The molecule has 1 aromatic rings. The molecule has 7 nitrogen and oxygen atoms in total. The van der Waals surface area contributed by atoms with Crippen molar-refractivity contribution in [1.29, 1.82) is 0 Å². The van der Waals surface area contributed by atoms with Crippen molar-refractivity contribution in [1.82, 2.24) is 20.4 Å². The van der Waals surface area contributed by atoms with E-state index in [2.05, 4.69) is 15.7 Å². The van der Waals surface area contributed by atoms with Gasteiger partial charge in [0.1, 0.15) is 5.54 Å². The second-order valence-corrected chi connectivity index (χ2v) is 6.09. The van der Waals surface area contributed by atoms with E-state index < -0.39 is 5.54 Å². The number of methoxy groups -OCH3 is 1. The molecule has 24 heavy (non-hydrogen) atoms. The fraction of sp³-hybridized carbons (Fsp3) is 0.688. The average molecular weight is 359 g/mol. The van der Waals surface area contributed by atoms with Crippen molar-refractivity contribution in [2.45, 2.75) is 38.1 Å². The minimum absolute atomic E-state index is 0. The van der Waals surface area contributed by atoms with Crippen LogP contribution >= 0.6 is 12.4 Å². The number of nitrogens with one attached hydrogen (secondary N) is 2. The maximum absolute atomic E-state index is 12.8. The van der Waals surface area contributed by atoms with Crippen molar-refractivity contribution in [2.75, 3.05) is 20.2 Å². The van der Waals surface area contributed by atoms with Crippen molar-refractivity contribution in [3.05, 3.63) is 18.0 Å². The monoisotopic (exact) mass is 358 g/mol. The van der Waals surface area contributed by atoms with Crippen LogP contribution in [0.25, 0.3) is 0 Å². The van der Waals surface area contributed by atoms with Crippen LogP contribution in [0.5, 0.6) is 0 Å². The standard InChI is InChI=1S/C16H26N4O3.ClH/c1-5-16(6-2,15(22)23-4)19-14(21)13-9-17-8-12(13)11-7-18-20(3)10-11;/h7,10,12-13,17H,5-6,8-9H2,1-4H3,(H,19,21);1H/t12-,13+;/m1./s1. The van der Waals surface area contributed by atoms with Gasteiger partial charge >= 0.3 is 5.97 Å². The van der Waals surface area contributed by atoms with Crippen LogP contribution in [-0.2, 0) is 21.4 Å². The third kappa shape index (κ3) is 3.89. The Kier molecular flexibility index (Phi) is 7.23. The summed E-state index contributed by atoms with van der Waals surface area (Å²) in [5, 5.41) is 10.4. The van der Waals surface area contributed by atoms with Gasteiger partial charge in [0.2, 0.25) is 5.91 Å². The Labute approximate surface area is 148 Å². The SMILES string of the molecule is CCC(CC)(NC(=O)[C@H]1CNC[C@@H]1c1cnn(C)c1)C(=O)OC.Cl. The Hall–Kier alpha value is -1.60. The summed E-state index contributed by atoms with van der Waals surface area (Å²) in [6, 6.07) is 0. The molecule has 0 saturated carbocycles. The number of carbonyl (C=O) groups excluding carboxylic acids is 2. The zero-order valence-corrected chi connectivity index (χ0v) is 15.5. The molecule has 0 radical (unpaired) electrons. The van der Waals surface area contributed by atoms with E-state index >= 15 is 0 Å². The molecule has 2 N–H and O–H groups in total. The van der Waals surface area contributed by atoms with Crippen molar-refractivity contribution in [3.8, 4) is 0 Å². The van der Waals surface area contributed by atoms with E-state index in [0.29, 0.717) is 19.4 Å². The van der Waals surface area contributed by atoms with Crippen molar-refractivity contribution in [3.63, 3.8) is 0 Å².